The number of thiophene rings is 1. The molecule has 0 aromatic carbocycles. The number of hydrogen-bond acceptors (Lipinski definition) is 3. The fraction of sp³-hybridized carbons (Fsp3) is 0.571. The predicted molar refractivity (Wildman–Crippen MR) is 76.5 cm³/mol. The number of nitrogens with one attached hydrogen (secondary N) is 1. The first-order valence-corrected chi connectivity index (χ1v) is 7.27. The van der Waals surface area contributed by atoms with Crippen LogP contribution in [0.3, 0.4) is 0 Å². The SMILES string of the molecule is Cc1cc(CCCC(=O)NCC(C)C(=O)O)c(C)s1. The molecule has 4 nitrogen and oxygen atoms in total. The molecule has 2 N–H and O–H groups in total. The number of carboxylic acids is 1. The van der Waals surface area contributed by atoms with Crippen molar-refractivity contribution in [1.82, 2.24) is 5.32 Å². The summed E-state index contributed by atoms with van der Waals surface area (Å²) in [5, 5.41) is 11.4. The third-order valence-corrected chi connectivity index (χ3v) is 4.03. The van der Waals surface area contributed by atoms with E-state index in [-0.39, 0.29) is 12.5 Å². The summed E-state index contributed by atoms with van der Waals surface area (Å²) in [4.78, 5) is 24.8. The van der Waals surface area contributed by atoms with Crippen LogP contribution in [0.1, 0.15) is 35.1 Å². The van der Waals surface area contributed by atoms with Crippen LogP contribution >= 0.6 is 11.3 Å². The van der Waals surface area contributed by atoms with Crippen molar-refractivity contribution in [2.45, 2.75) is 40.0 Å². The van der Waals surface area contributed by atoms with Gasteiger partial charge in [-0.3, -0.25) is 9.59 Å². The summed E-state index contributed by atoms with van der Waals surface area (Å²) in [6.45, 7) is 5.97. The Balaban J connectivity index is 2.24. The normalized spacial score (nSPS) is 12.2. The highest BCUT2D eigenvalue weighted by molar-refractivity contribution is 7.12. The van der Waals surface area contributed by atoms with E-state index in [0.29, 0.717) is 6.42 Å². The number of carbonyl (C=O) groups excluding carboxylic acids is 1. The van der Waals surface area contributed by atoms with E-state index in [1.54, 1.807) is 18.3 Å². The van der Waals surface area contributed by atoms with Gasteiger partial charge in [0.05, 0.1) is 5.92 Å². The third kappa shape index (κ3) is 5.42. The number of rotatable bonds is 7. The second-order valence-corrected chi connectivity index (χ2v) is 6.30. The van der Waals surface area contributed by atoms with Crippen molar-refractivity contribution in [1.29, 1.82) is 0 Å². The molecule has 19 heavy (non-hydrogen) atoms. The molecular formula is C14H21NO3S. The number of aryl methyl sites for hydroxylation is 3. The lowest BCUT2D eigenvalue weighted by Crippen LogP contribution is -2.31. The van der Waals surface area contributed by atoms with E-state index in [4.69, 9.17) is 5.11 Å². The van der Waals surface area contributed by atoms with Crippen molar-refractivity contribution < 1.29 is 14.7 Å². The van der Waals surface area contributed by atoms with Crippen molar-refractivity contribution >= 4 is 23.2 Å². The van der Waals surface area contributed by atoms with Gasteiger partial charge in [-0.1, -0.05) is 6.92 Å². The Bertz CT molecular complexity index is 454. The van der Waals surface area contributed by atoms with Crippen LogP contribution in [0.25, 0.3) is 0 Å². The van der Waals surface area contributed by atoms with Gasteiger partial charge in [-0.05, 0) is 38.3 Å². The first-order valence-electron chi connectivity index (χ1n) is 6.45. The van der Waals surface area contributed by atoms with E-state index in [9.17, 15) is 9.59 Å². The molecule has 0 bridgehead atoms. The molecule has 0 aliphatic carbocycles. The van der Waals surface area contributed by atoms with Gasteiger partial charge in [-0.2, -0.15) is 0 Å². The fourth-order valence-electron chi connectivity index (χ4n) is 1.81. The topological polar surface area (TPSA) is 66.4 Å². The van der Waals surface area contributed by atoms with Gasteiger partial charge in [0.2, 0.25) is 5.91 Å². The Hall–Kier alpha value is -1.36. The molecule has 106 valence electrons. The van der Waals surface area contributed by atoms with Crippen molar-refractivity contribution in [3.63, 3.8) is 0 Å². The largest absolute Gasteiger partial charge is 0.481 e. The van der Waals surface area contributed by atoms with Crippen LogP contribution in [-0.2, 0) is 16.0 Å². The number of aliphatic carboxylic acids is 1. The summed E-state index contributed by atoms with van der Waals surface area (Å²) >= 11 is 1.78. The molecule has 0 fully saturated rings. The van der Waals surface area contributed by atoms with Crippen LogP contribution in [0.4, 0.5) is 0 Å². The summed E-state index contributed by atoms with van der Waals surface area (Å²) in [7, 11) is 0. The molecule has 1 amide bonds. The zero-order valence-corrected chi connectivity index (χ0v) is 12.5. The lowest BCUT2D eigenvalue weighted by molar-refractivity contribution is -0.141. The van der Waals surface area contributed by atoms with Gasteiger partial charge in [-0.15, -0.1) is 11.3 Å². The first-order chi connectivity index (χ1) is 8.90. The van der Waals surface area contributed by atoms with Gasteiger partial charge in [0, 0.05) is 22.7 Å². The van der Waals surface area contributed by atoms with Crippen LogP contribution in [0.5, 0.6) is 0 Å². The maximum absolute atomic E-state index is 11.5. The average molecular weight is 283 g/mol. The lowest BCUT2D eigenvalue weighted by Gasteiger charge is -2.08. The van der Waals surface area contributed by atoms with E-state index in [1.165, 1.54) is 15.3 Å². The van der Waals surface area contributed by atoms with Crippen LogP contribution in [0.2, 0.25) is 0 Å². The standard InChI is InChI=1S/C14H21NO3S/c1-9(14(17)18)8-15-13(16)6-4-5-12-7-10(2)19-11(12)3/h7,9H,4-6,8H2,1-3H3,(H,15,16)(H,17,18). The molecule has 1 rings (SSSR count). The monoisotopic (exact) mass is 283 g/mol. The molecule has 0 spiro atoms. The minimum absolute atomic E-state index is 0.0716. The molecule has 1 atom stereocenters. The van der Waals surface area contributed by atoms with E-state index < -0.39 is 11.9 Å². The Morgan fingerprint density at radius 3 is 2.63 bits per heavy atom. The maximum atomic E-state index is 11.5. The average Bonchev–Trinajstić information content (AvgIpc) is 2.64. The number of carbonyl (C=O) groups is 2. The summed E-state index contributed by atoms with van der Waals surface area (Å²) in [6.07, 6.45) is 2.14. The van der Waals surface area contributed by atoms with Crippen LogP contribution in [-0.4, -0.2) is 23.5 Å². The molecule has 1 heterocycles. The maximum Gasteiger partial charge on any atom is 0.308 e. The molecule has 0 saturated carbocycles. The molecule has 0 aliphatic rings. The molecule has 1 aromatic heterocycles. The lowest BCUT2D eigenvalue weighted by atomic mass is 10.1. The summed E-state index contributed by atoms with van der Waals surface area (Å²) in [5.74, 6) is -1.49. The summed E-state index contributed by atoms with van der Waals surface area (Å²) in [5.41, 5.74) is 1.31. The molecule has 1 aromatic rings. The van der Waals surface area contributed by atoms with E-state index in [1.807, 2.05) is 0 Å². The molecule has 0 saturated heterocycles. The zero-order chi connectivity index (χ0) is 14.4. The van der Waals surface area contributed by atoms with E-state index in [0.717, 1.165) is 12.8 Å². The number of hydrogen-bond donors (Lipinski definition) is 2. The van der Waals surface area contributed by atoms with Gasteiger partial charge in [0.25, 0.3) is 0 Å². The summed E-state index contributed by atoms with van der Waals surface area (Å²) in [6, 6.07) is 2.17. The minimum Gasteiger partial charge on any atom is -0.481 e. The summed E-state index contributed by atoms with van der Waals surface area (Å²) < 4.78 is 0. The van der Waals surface area contributed by atoms with Crippen LogP contribution in [0, 0.1) is 19.8 Å². The van der Waals surface area contributed by atoms with Crippen molar-refractivity contribution in [2.75, 3.05) is 6.54 Å². The third-order valence-electron chi connectivity index (χ3n) is 3.02. The fourth-order valence-corrected chi connectivity index (χ4v) is 2.79. The zero-order valence-electron chi connectivity index (χ0n) is 11.7. The van der Waals surface area contributed by atoms with E-state index >= 15 is 0 Å². The van der Waals surface area contributed by atoms with Gasteiger partial charge < -0.3 is 10.4 Å². The Morgan fingerprint density at radius 2 is 2.11 bits per heavy atom. The Morgan fingerprint density at radius 1 is 1.42 bits per heavy atom. The van der Waals surface area contributed by atoms with Crippen molar-refractivity contribution in [3.05, 3.63) is 21.4 Å². The number of carboxylic acid groups (broad SMARTS) is 1. The Kier molecular flexibility index (Phi) is 6.02. The molecule has 0 radical (unpaired) electrons. The Labute approximate surface area is 117 Å². The minimum atomic E-state index is -0.885. The van der Waals surface area contributed by atoms with Gasteiger partial charge in [0.15, 0.2) is 0 Å². The highest BCUT2D eigenvalue weighted by Gasteiger charge is 2.12. The number of amides is 1. The van der Waals surface area contributed by atoms with Crippen LogP contribution < -0.4 is 5.32 Å². The molecule has 1 unspecified atom stereocenters. The quantitative estimate of drug-likeness (QED) is 0.808. The van der Waals surface area contributed by atoms with Crippen molar-refractivity contribution in [2.24, 2.45) is 5.92 Å². The second kappa shape index (κ2) is 7.28. The smallest absolute Gasteiger partial charge is 0.308 e. The highest BCUT2D eigenvalue weighted by Crippen LogP contribution is 2.22. The van der Waals surface area contributed by atoms with E-state index in [2.05, 4.69) is 25.2 Å². The van der Waals surface area contributed by atoms with Gasteiger partial charge in [-0.25, -0.2) is 0 Å². The first kappa shape index (κ1) is 15.7. The second-order valence-electron chi connectivity index (χ2n) is 4.84. The van der Waals surface area contributed by atoms with Gasteiger partial charge >= 0.3 is 5.97 Å². The van der Waals surface area contributed by atoms with Crippen LogP contribution in [0.15, 0.2) is 6.07 Å². The predicted octanol–water partition coefficient (Wildman–Crippen LogP) is 2.52. The van der Waals surface area contributed by atoms with Gasteiger partial charge in [0.1, 0.15) is 0 Å². The van der Waals surface area contributed by atoms with Crippen molar-refractivity contribution in [3.8, 4) is 0 Å². The molecule has 0 aliphatic heterocycles. The highest BCUT2D eigenvalue weighted by atomic mass is 32.1. The molecular weight excluding hydrogens is 262 g/mol. The molecule has 5 heteroatoms.